The lowest BCUT2D eigenvalue weighted by molar-refractivity contribution is -0.132. The van der Waals surface area contributed by atoms with Gasteiger partial charge in [0.05, 0.1) is 16.7 Å². The smallest absolute Gasteiger partial charge is 0.266 e. The van der Waals surface area contributed by atoms with Crippen LogP contribution in [-0.2, 0) is 19.4 Å². The Labute approximate surface area is 171 Å². The molecule has 6 nitrogen and oxygen atoms in total. The van der Waals surface area contributed by atoms with Crippen LogP contribution in [0.5, 0.6) is 0 Å². The molecule has 1 N–H and O–H groups in total. The van der Waals surface area contributed by atoms with Crippen molar-refractivity contribution in [2.45, 2.75) is 19.0 Å². The topological polar surface area (TPSA) is 83.6 Å². The molecular weight excluding hydrogens is 428 g/mol. The molecule has 0 spiro atoms. The summed E-state index contributed by atoms with van der Waals surface area (Å²) in [5, 5.41) is 4.20. The van der Waals surface area contributed by atoms with Gasteiger partial charge < -0.3 is 5.32 Å². The van der Waals surface area contributed by atoms with E-state index in [0.29, 0.717) is 15.5 Å². The van der Waals surface area contributed by atoms with Gasteiger partial charge in [-0.25, -0.2) is 8.42 Å². The first-order valence-electron chi connectivity index (χ1n) is 7.91. The SMILES string of the molecule is C[C@H](C(=O)N[C@@H]1C=CS(=O)(=O)C1)N1C(=O)/C(=C\c2ccccc2Cl)SC1=S. The number of sulfone groups is 1. The van der Waals surface area contributed by atoms with Gasteiger partial charge in [0, 0.05) is 10.4 Å². The molecule has 2 aliphatic rings. The summed E-state index contributed by atoms with van der Waals surface area (Å²) in [4.78, 5) is 26.8. The number of thiocarbonyl (C=S) groups is 1. The average Bonchev–Trinajstić information content (AvgIpc) is 3.07. The zero-order chi connectivity index (χ0) is 19.8. The lowest BCUT2D eigenvalue weighted by Gasteiger charge is -2.23. The van der Waals surface area contributed by atoms with E-state index < -0.39 is 27.8 Å². The number of hydrogen-bond acceptors (Lipinski definition) is 6. The van der Waals surface area contributed by atoms with Gasteiger partial charge in [0.15, 0.2) is 9.84 Å². The maximum absolute atomic E-state index is 12.7. The Morgan fingerprint density at radius 3 is 2.78 bits per heavy atom. The van der Waals surface area contributed by atoms with E-state index in [9.17, 15) is 18.0 Å². The minimum Gasteiger partial charge on any atom is -0.347 e. The van der Waals surface area contributed by atoms with Gasteiger partial charge in [0.2, 0.25) is 5.91 Å². The summed E-state index contributed by atoms with van der Waals surface area (Å²) in [5.74, 6) is -1.05. The van der Waals surface area contributed by atoms with E-state index >= 15 is 0 Å². The molecule has 1 fully saturated rings. The van der Waals surface area contributed by atoms with Crippen LogP contribution in [0.4, 0.5) is 0 Å². The highest BCUT2D eigenvalue weighted by Crippen LogP contribution is 2.35. The molecular formula is C17H15ClN2O4S3. The fourth-order valence-corrected chi connectivity index (χ4v) is 5.47. The molecule has 10 heteroatoms. The Morgan fingerprint density at radius 2 is 2.15 bits per heavy atom. The lowest BCUT2D eigenvalue weighted by Crippen LogP contribution is -2.49. The van der Waals surface area contributed by atoms with Crippen molar-refractivity contribution in [3.63, 3.8) is 0 Å². The number of rotatable bonds is 4. The number of carbonyl (C=O) groups excluding carboxylic acids is 2. The molecule has 2 atom stereocenters. The van der Waals surface area contributed by atoms with Gasteiger partial charge in [0.1, 0.15) is 10.4 Å². The van der Waals surface area contributed by atoms with Crippen molar-refractivity contribution in [1.29, 1.82) is 0 Å². The maximum Gasteiger partial charge on any atom is 0.266 e. The molecule has 0 aliphatic carbocycles. The monoisotopic (exact) mass is 442 g/mol. The number of nitrogens with zero attached hydrogens (tertiary/aromatic N) is 1. The molecule has 1 aromatic carbocycles. The van der Waals surface area contributed by atoms with Crippen LogP contribution in [0.15, 0.2) is 40.7 Å². The Morgan fingerprint density at radius 1 is 1.44 bits per heavy atom. The molecule has 2 heterocycles. The van der Waals surface area contributed by atoms with E-state index in [1.165, 1.54) is 11.0 Å². The Kier molecular flexibility index (Phi) is 5.76. The predicted octanol–water partition coefficient (Wildman–Crippen LogP) is 2.36. The van der Waals surface area contributed by atoms with Gasteiger partial charge in [-0.05, 0) is 30.7 Å². The largest absolute Gasteiger partial charge is 0.347 e. The first kappa shape index (κ1) is 20.1. The van der Waals surface area contributed by atoms with E-state index in [4.69, 9.17) is 23.8 Å². The number of thioether (sulfide) groups is 1. The molecule has 2 amide bonds. The van der Waals surface area contributed by atoms with Crippen molar-refractivity contribution in [3.05, 3.63) is 51.2 Å². The fraction of sp³-hybridized carbons (Fsp3) is 0.235. The third-order valence-corrected chi connectivity index (χ3v) is 7.11. The molecule has 142 valence electrons. The summed E-state index contributed by atoms with van der Waals surface area (Å²) in [6, 6.07) is 5.60. The zero-order valence-electron chi connectivity index (χ0n) is 14.1. The minimum absolute atomic E-state index is 0.184. The molecule has 0 aromatic heterocycles. The normalized spacial score (nSPS) is 23.9. The molecule has 2 aliphatic heterocycles. The molecule has 0 bridgehead atoms. The number of hydrogen-bond donors (Lipinski definition) is 1. The van der Waals surface area contributed by atoms with Crippen molar-refractivity contribution in [3.8, 4) is 0 Å². The van der Waals surface area contributed by atoms with E-state index in [1.807, 2.05) is 0 Å². The molecule has 0 unspecified atom stereocenters. The van der Waals surface area contributed by atoms with Crippen LogP contribution in [0.1, 0.15) is 12.5 Å². The van der Waals surface area contributed by atoms with Gasteiger partial charge >= 0.3 is 0 Å². The summed E-state index contributed by atoms with van der Waals surface area (Å²) in [5.41, 5.74) is 0.679. The molecule has 27 heavy (non-hydrogen) atoms. The van der Waals surface area contributed by atoms with Crippen LogP contribution in [0.3, 0.4) is 0 Å². The third kappa shape index (κ3) is 4.43. The molecule has 1 saturated heterocycles. The average molecular weight is 443 g/mol. The molecule has 3 rings (SSSR count). The minimum atomic E-state index is -3.28. The highest BCUT2D eigenvalue weighted by atomic mass is 35.5. The molecule has 0 saturated carbocycles. The lowest BCUT2D eigenvalue weighted by atomic mass is 10.2. The van der Waals surface area contributed by atoms with Gasteiger partial charge in [-0.15, -0.1) is 0 Å². The second-order valence-electron chi connectivity index (χ2n) is 6.02. The van der Waals surface area contributed by atoms with Gasteiger partial charge in [-0.2, -0.15) is 0 Å². The Bertz CT molecular complexity index is 988. The first-order valence-corrected chi connectivity index (χ1v) is 11.2. The number of nitrogens with one attached hydrogen (secondary N) is 1. The summed E-state index contributed by atoms with van der Waals surface area (Å²) < 4.78 is 23.2. The van der Waals surface area contributed by atoms with Crippen molar-refractivity contribution in [1.82, 2.24) is 10.2 Å². The fourth-order valence-electron chi connectivity index (χ4n) is 2.63. The van der Waals surface area contributed by atoms with Crippen LogP contribution < -0.4 is 5.32 Å². The van der Waals surface area contributed by atoms with E-state index in [-0.39, 0.29) is 16.0 Å². The third-order valence-electron chi connectivity index (χ3n) is 4.04. The summed E-state index contributed by atoms with van der Waals surface area (Å²) in [6.07, 6.45) is 3.06. The highest BCUT2D eigenvalue weighted by molar-refractivity contribution is 8.26. The van der Waals surface area contributed by atoms with Crippen LogP contribution in [0.25, 0.3) is 6.08 Å². The van der Waals surface area contributed by atoms with E-state index in [0.717, 1.165) is 17.2 Å². The maximum atomic E-state index is 12.7. The standard InChI is InChI=1S/C17H15ClN2O4S3/c1-10(15(21)19-12-6-7-27(23,24)9-12)20-16(22)14(26-17(20)25)8-11-4-2-3-5-13(11)18/h2-8,10,12H,9H2,1H3,(H,19,21)/b14-8+/t10-,12-/m1/s1. The number of carbonyl (C=O) groups is 2. The van der Waals surface area contributed by atoms with Crippen molar-refractivity contribution in [2.24, 2.45) is 0 Å². The predicted molar refractivity (Wildman–Crippen MR) is 111 cm³/mol. The van der Waals surface area contributed by atoms with Crippen molar-refractivity contribution < 1.29 is 18.0 Å². The molecule has 1 aromatic rings. The van der Waals surface area contributed by atoms with E-state index in [2.05, 4.69) is 5.32 Å². The summed E-state index contributed by atoms with van der Waals surface area (Å²) >= 11 is 12.5. The second-order valence-corrected chi connectivity index (χ2v) is 10.0. The van der Waals surface area contributed by atoms with Crippen LogP contribution in [0.2, 0.25) is 5.02 Å². The number of halogens is 1. The van der Waals surface area contributed by atoms with Crippen LogP contribution >= 0.6 is 35.6 Å². The Hall–Kier alpha value is -1.68. The summed E-state index contributed by atoms with van der Waals surface area (Å²) in [7, 11) is -3.28. The van der Waals surface area contributed by atoms with Gasteiger partial charge in [0.25, 0.3) is 5.91 Å². The highest BCUT2D eigenvalue weighted by Gasteiger charge is 2.39. The second kappa shape index (κ2) is 7.75. The van der Waals surface area contributed by atoms with Gasteiger partial charge in [-0.3, -0.25) is 14.5 Å². The van der Waals surface area contributed by atoms with Crippen LogP contribution in [-0.4, -0.2) is 47.3 Å². The van der Waals surface area contributed by atoms with Gasteiger partial charge in [-0.1, -0.05) is 53.8 Å². The van der Waals surface area contributed by atoms with Crippen LogP contribution in [0, 0.1) is 0 Å². The quantitative estimate of drug-likeness (QED) is 0.569. The number of amides is 2. The zero-order valence-corrected chi connectivity index (χ0v) is 17.3. The molecule has 0 radical (unpaired) electrons. The Balaban J connectivity index is 1.74. The number of benzene rings is 1. The summed E-state index contributed by atoms with van der Waals surface area (Å²) in [6.45, 7) is 1.55. The van der Waals surface area contributed by atoms with Crippen molar-refractivity contribution in [2.75, 3.05) is 5.75 Å². The van der Waals surface area contributed by atoms with E-state index in [1.54, 1.807) is 37.3 Å². The first-order chi connectivity index (χ1) is 12.7. The van der Waals surface area contributed by atoms with Crippen molar-refractivity contribution >= 4 is 67.6 Å².